The predicted molar refractivity (Wildman–Crippen MR) is 76.1 cm³/mol. The Balaban J connectivity index is 1.73. The summed E-state index contributed by atoms with van der Waals surface area (Å²) in [6, 6.07) is 11.1. The van der Waals surface area contributed by atoms with Gasteiger partial charge in [0.25, 0.3) is 0 Å². The molecular weight excluding hydrogens is 272 g/mol. The summed E-state index contributed by atoms with van der Waals surface area (Å²) in [7, 11) is 0. The highest BCUT2D eigenvalue weighted by atomic mass is 16.7. The van der Waals surface area contributed by atoms with Gasteiger partial charge in [-0.15, -0.1) is 0 Å². The van der Waals surface area contributed by atoms with Crippen molar-refractivity contribution in [1.29, 1.82) is 5.41 Å². The maximum atomic E-state index is 7.69. The van der Waals surface area contributed by atoms with Crippen molar-refractivity contribution in [3.63, 3.8) is 0 Å². The van der Waals surface area contributed by atoms with Gasteiger partial charge in [-0.2, -0.15) is 0 Å². The Labute approximate surface area is 120 Å². The third-order valence-corrected chi connectivity index (χ3v) is 3.40. The lowest BCUT2D eigenvalue weighted by Gasteiger charge is -2.19. The summed E-state index contributed by atoms with van der Waals surface area (Å²) in [6.45, 7) is 0.459. The molecule has 4 rings (SSSR count). The summed E-state index contributed by atoms with van der Waals surface area (Å²) >= 11 is 0. The molecule has 2 aromatic carbocycles. The maximum absolute atomic E-state index is 7.69. The van der Waals surface area contributed by atoms with E-state index in [1.165, 1.54) is 6.34 Å². The first-order valence-corrected chi connectivity index (χ1v) is 6.44. The standard InChI is InChI=1S/C15H12N2O4/c16-7-17(10-1-3-12-14(5-10)20-8-18-12)11-2-4-13-15(6-11)21-9-19-13/h1-7,16H,8-9H2. The molecule has 21 heavy (non-hydrogen) atoms. The molecular formula is C15H12N2O4. The van der Waals surface area contributed by atoms with E-state index in [1.807, 2.05) is 36.4 Å². The van der Waals surface area contributed by atoms with Gasteiger partial charge in [0.05, 0.1) is 17.7 Å². The first-order chi connectivity index (χ1) is 10.3. The molecule has 6 heteroatoms. The van der Waals surface area contributed by atoms with Gasteiger partial charge in [-0.05, 0) is 24.3 Å². The van der Waals surface area contributed by atoms with Gasteiger partial charge in [-0.25, -0.2) is 0 Å². The zero-order valence-electron chi connectivity index (χ0n) is 11.0. The van der Waals surface area contributed by atoms with Crippen LogP contribution in [0.15, 0.2) is 36.4 Å². The molecule has 0 saturated heterocycles. The number of benzene rings is 2. The van der Waals surface area contributed by atoms with Crippen molar-refractivity contribution in [2.24, 2.45) is 0 Å². The highest BCUT2D eigenvalue weighted by molar-refractivity contribution is 5.89. The van der Waals surface area contributed by atoms with Crippen LogP contribution in [0.4, 0.5) is 11.4 Å². The molecule has 2 aliphatic rings. The Morgan fingerprint density at radius 1 is 0.762 bits per heavy atom. The van der Waals surface area contributed by atoms with Gasteiger partial charge in [0.1, 0.15) is 0 Å². The molecule has 0 unspecified atom stereocenters. The molecule has 106 valence electrons. The summed E-state index contributed by atoms with van der Waals surface area (Å²) in [4.78, 5) is 1.73. The number of nitrogens with one attached hydrogen (secondary N) is 1. The van der Waals surface area contributed by atoms with Gasteiger partial charge in [-0.3, -0.25) is 5.41 Å². The maximum Gasteiger partial charge on any atom is 0.231 e. The minimum Gasteiger partial charge on any atom is -0.454 e. The van der Waals surface area contributed by atoms with E-state index in [2.05, 4.69) is 0 Å². The lowest BCUT2D eigenvalue weighted by atomic mass is 10.2. The lowest BCUT2D eigenvalue weighted by Crippen LogP contribution is -2.13. The molecule has 0 radical (unpaired) electrons. The zero-order chi connectivity index (χ0) is 14.2. The molecule has 0 amide bonds. The van der Waals surface area contributed by atoms with Crippen molar-refractivity contribution < 1.29 is 18.9 Å². The van der Waals surface area contributed by atoms with Crippen molar-refractivity contribution in [1.82, 2.24) is 0 Å². The molecule has 0 aromatic heterocycles. The van der Waals surface area contributed by atoms with Crippen molar-refractivity contribution in [3.05, 3.63) is 36.4 Å². The number of anilines is 2. The van der Waals surface area contributed by atoms with E-state index in [1.54, 1.807) is 4.90 Å². The number of nitrogens with zero attached hydrogens (tertiary/aromatic N) is 1. The van der Waals surface area contributed by atoms with E-state index in [0.717, 1.165) is 22.9 Å². The molecule has 2 aliphatic heterocycles. The van der Waals surface area contributed by atoms with Crippen molar-refractivity contribution in [2.75, 3.05) is 18.5 Å². The topological polar surface area (TPSA) is 64.0 Å². The van der Waals surface area contributed by atoms with E-state index in [0.29, 0.717) is 11.5 Å². The fourth-order valence-corrected chi connectivity index (χ4v) is 2.37. The van der Waals surface area contributed by atoms with Crippen LogP contribution in [-0.4, -0.2) is 19.9 Å². The van der Waals surface area contributed by atoms with Gasteiger partial charge < -0.3 is 23.8 Å². The summed E-state index contributed by atoms with van der Waals surface area (Å²) in [6.07, 6.45) is 1.25. The smallest absolute Gasteiger partial charge is 0.231 e. The third kappa shape index (κ3) is 1.92. The Morgan fingerprint density at radius 2 is 1.24 bits per heavy atom. The SMILES string of the molecule is N=CN(c1ccc2c(c1)OCO2)c1ccc2c(c1)OCO2. The molecule has 0 bridgehead atoms. The quantitative estimate of drug-likeness (QED) is 0.693. The summed E-state index contributed by atoms with van der Waals surface area (Å²) in [5.41, 5.74) is 1.63. The number of hydrogen-bond donors (Lipinski definition) is 1. The fraction of sp³-hybridized carbons (Fsp3) is 0.133. The highest BCUT2D eigenvalue weighted by Gasteiger charge is 2.19. The van der Waals surface area contributed by atoms with Crippen LogP contribution in [0.5, 0.6) is 23.0 Å². The number of rotatable bonds is 3. The Morgan fingerprint density at radius 3 is 1.71 bits per heavy atom. The Bertz CT molecular complexity index is 659. The largest absolute Gasteiger partial charge is 0.454 e. The van der Waals surface area contributed by atoms with Gasteiger partial charge >= 0.3 is 0 Å². The molecule has 2 aromatic rings. The average molecular weight is 284 g/mol. The van der Waals surface area contributed by atoms with E-state index in [9.17, 15) is 0 Å². The summed E-state index contributed by atoms with van der Waals surface area (Å²) < 4.78 is 21.3. The van der Waals surface area contributed by atoms with Crippen LogP contribution in [0.3, 0.4) is 0 Å². The zero-order valence-corrected chi connectivity index (χ0v) is 11.0. The molecule has 0 saturated carbocycles. The van der Waals surface area contributed by atoms with Gasteiger partial charge in [0.2, 0.25) is 13.6 Å². The van der Waals surface area contributed by atoms with Crippen LogP contribution < -0.4 is 23.8 Å². The minimum absolute atomic E-state index is 0.230. The molecule has 0 atom stereocenters. The van der Waals surface area contributed by atoms with Crippen molar-refractivity contribution in [3.8, 4) is 23.0 Å². The first kappa shape index (κ1) is 11.9. The first-order valence-electron chi connectivity index (χ1n) is 6.44. The third-order valence-electron chi connectivity index (χ3n) is 3.40. The highest BCUT2D eigenvalue weighted by Crippen LogP contribution is 2.40. The second-order valence-corrected chi connectivity index (χ2v) is 4.57. The van der Waals surface area contributed by atoms with Crippen LogP contribution in [0.1, 0.15) is 0 Å². The van der Waals surface area contributed by atoms with Crippen molar-refractivity contribution >= 4 is 17.7 Å². The molecule has 0 aliphatic carbocycles. The second kappa shape index (κ2) is 4.59. The van der Waals surface area contributed by atoms with E-state index in [-0.39, 0.29) is 13.6 Å². The van der Waals surface area contributed by atoms with E-state index in [4.69, 9.17) is 24.4 Å². The van der Waals surface area contributed by atoms with Crippen LogP contribution in [0.2, 0.25) is 0 Å². The minimum atomic E-state index is 0.230. The van der Waals surface area contributed by atoms with Gasteiger partial charge in [-0.1, -0.05) is 0 Å². The molecule has 0 fully saturated rings. The summed E-state index contributed by atoms with van der Waals surface area (Å²) in [5.74, 6) is 2.80. The second-order valence-electron chi connectivity index (χ2n) is 4.57. The Kier molecular flexibility index (Phi) is 2.60. The van der Waals surface area contributed by atoms with Crippen LogP contribution >= 0.6 is 0 Å². The molecule has 6 nitrogen and oxygen atoms in total. The molecule has 0 spiro atoms. The monoisotopic (exact) mass is 284 g/mol. The number of ether oxygens (including phenoxy) is 4. The number of hydrogen-bond acceptors (Lipinski definition) is 5. The fourth-order valence-electron chi connectivity index (χ4n) is 2.37. The normalized spacial score (nSPS) is 14.1. The molecule has 1 N–H and O–H groups in total. The van der Waals surface area contributed by atoms with Crippen LogP contribution in [0, 0.1) is 5.41 Å². The Hall–Kier alpha value is -2.89. The van der Waals surface area contributed by atoms with E-state index < -0.39 is 0 Å². The lowest BCUT2D eigenvalue weighted by molar-refractivity contribution is 0.173. The predicted octanol–water partition coefficient (Wildman–Crippen LogP) is 2.89. The van der Waals surface area contributed by atoms with Crippen molar-refractivity contribution in [2.45, 2.75) is 0 Å². The van der Waals surface area contributed by atoms with Gasteiger partial charge in [0.15, 0.2) is 23.0 Å². The molecule has 2 heterocycles. The average Bonchev–Trinajstić information content (AvgIpc) is 3.15. The van der Waals surface area contributed by atoms with E-state index >= 15 is 0 Å². The number of fused-ring (bicyclic) bond motifs is 2. The summed E-state index contributed by atoms with van der Waals surface area (Å²) in [5, 5.41) is 7.69. The van der Waals surface area contributed by atoms with Crippen LogP contribution in [-0.2, 0) is 0 Å². The van der Waals surface area contributed by atoms with Gasteiger partial charge in [0, 0.05) is 12.1 Å². The van der Waals surface area contributed by atoms with Crippen LogP contribution in [0.25, 0.3) is 0 Å².